The van der Waals surface area contributed by atoms with Gasteiger partial charge in [0.25, 0.3) is 0 Å². The lowest BCUT2D eigenvalue weighted by Crippen LogP contribution is -2.32. The van der Waals surface area contributed by atoms with Gasteiger partial charge in [0.05, 0.1) is 7.11 Å². The third-order valence-corrected chi connectivity index (χ3v) is 2.73. The Bertz CT molecular complexity index is 359. The van der Waals surface area contributed by atoms with Gasteiger partial charge in [-0.2, -0.15) is 0 Å². The highest BCUT2D eigenvalue weighted by atomic mass is 16.5. The lowest BCUT2D eigenvalue weighted by atomic mass is 10.3. The number of benzene rings is 1. The van der Waals surface area contributed by atoms with Crippen molar-refractivity contribution in [2.24, 2.45) is 0 Å². The van der Waals surface area contributed by atoms with E-state index in [-0.39, 0.29) is 6.61 Å². The van der Waals surface area contributed by atoms with Crippen LogP contribution in [0.2, 0.25) is 0 Å². The minimum Gasteiger partial charge on any atom is -0.493 e. The highest BCUT2D eigenvalue weighted by Crippen LogP contribution is 2.25. The lowest BCUT2D eigenvalue weighted by Gasteiger charge is -2.15. The Hall–Kier alpha value is -1.30. The maximum atomic E-state index is 9.82. The predicted molar refractivity (Wildman–Crippen MR) is 78.5 cm³/mol. The molecular formula is C15H25NO4. The molecule has 0 bridgehead atoms. The molecule has 0 aromatic heterocycles. The van der Waals surface area contributed by atoms with Crippen molar-refractivity contribution in [3.63, 3.8) is 0 Å². The van der Waals surface area contributed by atoms with Crippen LogP contribution in [0.4, 0.5) is 0 Å². The van der Waals surface area contributed by atoms with E-state index in [0.29, 0.717) is 18.0 Å². The summed E-state index contributed by atoms with van der Waals surface area (Å²) in [7, 11) is 1.60. The van der Waals surface area contributed by atoms with Crippen molar-refractivity contribution in [1.29, 1.82) is 0 Å². The third-order valence-electron chi connectivity index (χ3n) is 2.73. The van der Waals surface area contributed by atoms with Gasteiger partial charge in [-0.05, 0) is 32.0 Å². The van der Waals surface area contributed by atoms with Crippen molar-refractivity contribution in [3.05, 3.63) is 24.3 Å². The molecule has 0 aliphatic rings. The zero-order valence-electron chi connectivity index (χ0n) is 12.3. The molecule has 1 aromatic carbocycles. The van der Waals surface area contributed by atoms with E-state index in [1.54, 1.807) is 7.11 Å². The fourth-order valence-corrected chi connectivity index (χ4v) is 1.70. The maximum Gasteiger partial charge on any atom is 0.161 e. The molecule has 0 spiro atoms. The van der Waals surface area contributed by atoms with Gasteiger partial charge < -0.3 is 24.6 Å². The topological polar surface area (TPSA) is 60.0 Å². The number of hydrogen-bond acceptors (Lipinski definition) is 5. The van der Waals surface area contributed by atoms with E-state index >= 15 is 0 Å². The van der Waals surface area contributed by atoms with Gasteiger partial charge in [0.15, 0.2) is 11.5 Å². The van der Waals surface area contributed by atoms with Crippen LogP contribution in [0.5, 0.6) is 11.5 Å². The minimum atomic E-state index is -0.549. The van der Waals surface area contributed by atoms with E-state index < -0.39 is 6.10 Å². The van der Waals surface area contributed by atoms with Crippen molar-refractivity contribution < 1.29 is 19.3 Å². The van der Waals surface area contributed by atoms with E-state index in [1.807, 2.05) is 31.2 Å². The number of ether oxygens (including phenoxy) is 3. The Morgan fingerprint density at radius 3 is 2.70 bits per heavy atom. The second kappa shape index (κ2) is 10.5. The average molecular weight is 283 g/mol. The summed E-state index contributed by atoms with van der Waals surface area (Å²) < 4.78 is 16.0. The van der Waals surface area contributed by atoms with E-state index in [1.165, 1.54) is 0 Å². The fraction of sp³-hybridized carbons (Fsp3) is 0.600. The van der Waals surface area contributed by atoms with Crippen molar-refractivity contribution in [2.75, 3.05) is 40.0 Å². The minimum absolute atomic E-state index is 0.235. The summed E-state index contributed by atoms with van der Waals surface area (Å²) in [6.07, 6.45) is 0.389. The van der Waals surface area contributed by atoms with Crippen LogP contribution < -0.4 is 14.8 Å². The molecule has 114 valence electrons. The molecule has 0 saturated carbocycles. The lowest BCUT2D eigenvalue weighted by molar-refractivity contribution is 0.103. The second-order valence-corrected chi connectivity index (χ2v) is 4.37. The molecule has 0 heterocycles. The van der Waals surface area contributed by atoms with Crippen LogP contribution >= 0.6 is 0 Å². The van der Waals surface area contributed by atoms with Gasteiger partial charge in [-0.3, -0.25) is 0 Å². The number of aliphatic hydroxyl groups excluding tert-OH is 1. The summed E-state index contributed by atoms with van der Waals surface area (Å²) in [4.78, 5) is 0. The first kappa shape index (κ1) is 16.8. The molecule has 0 radical (unpaired) electrons. The Morgan fingerprint density at radius 2 is 2.00 bits per heavy atom. The van der Waals surface area contributed by atoms with Crippen molar-refractivity contribution >= 4 is 0 Å². The van der Waals surface area contributed by atoms with Crippen molar-refractivity contribution in [2.45, 2.75) is 19.4 Å². The molecule has 5 heteroatoms. The molecule has 20 heavy (non-hydrogen) atoms. The molecule has 0 amide bonds. The summed E-state index contributed by atoms with van der Waals surface area (Å²) in [5.41, 5.74) is 0. The normalized spacial score (nSPS) is 12.2. The first-order valence-electron chi connectivity index (χ1n) is 7.00. The standard InChI is InChI=1S/C15H25NO4/c1-3-19-10-6-9-16-11-13(17)12-20-15-8-5-4-7-14(15)18-2/h4-5,7-8,13,16-17H,3,6,9-12H2,1-2H3. The first-order chi connectivity index (χ1) is 9.77. The maximum absolute atomic E-state index is 9.82. The molecule has 1 unspecified atom stereocenters. The molecule has 0 aliphatic heterocycles. The van der Waals surface area contributed by atoms with Crippen LogP contribution in [0.1, 0.15) is 13.3 Å². The van der Waals surface area contributed by atoms with E-state index in [4.69, 9.17) is 14.2 Å². The number of methoxy groups -OCH3 is 1. The van der Waals surface area contributed by atoms with Gasteiger partial charge in [-0.1, -0.05) is 12.1 Å². The second-order valence-electron chi connectivity index (χ2n) is 4.37. The molecule has 0 saturated heterocycles. The summed E-state index contributed by atoms with van der Waals surface area (Å²) in [5.74, 6) is 1.31. The number of rotatable bonds is 11. The molecular weight excluding hydrogens is 258 g/mol. The van der Waals surface area contributed by atoms with Gasteiger partial charge in [0.1, 0.15) is 12.7 Å². The van der Waals surface area contributed by atoms with Crippen LogP contribution in [0, 0.1) is 0 Å². The van der Waals surface area contributed by atoms with E-state index in [0.717, 1.165) is 26.2 Å². The Kier molecular flexibility index (Phi) is 8.78. The summed E-state index contributed by atoms with van der Waals surface area (Å²) in [6, 6.07) is 7.40. The quantitative estimate of drug-likeness (QED) is 0.602. The molecule has 1 atom stereocenters. The van der Waals surface area contributed by atoms with Crippen LogP contribution in [0.25, 0.3) is 0 Å². The summed E-state index contributed by atoms with van der Waals surface area (Å²) in [5, 5.41) is 13.0. The molecule has 2 N–H and O–H groups in total. The van der Waals surface area contributed by atoms with E-state index in [9.17, 15) is 5.11 Å². The Labute approximate surface area is 120 Å². The van der Waals surface area contributed by atoms with Gasteiger partial charge in [-0.15, -0.1) is 0 Å². The molecule has 0 fully saturated rings. The number of para-hydroxylation sites is 2. The first-order valence-corrected chi connectivity index (χ1v) is 7.00. The van der Waals surface area contributed by atoms with Crippen LogP contribution in [-0.2, 0) is 4.74 Å². The van der Waals surface area contributed by atoms with E-state index in [2.05, 4.69) is 5.32 Å². The SMILES string of the molecule is CCOCCCNCC(O)COc1ccccc1OC. The fourth-order valence-electron chi connectivity index (χ4n) is 1.70. The highest BCUT2D eigenvalue weighted by Gasteiger charge is 2.07. The van der Waals surface area contributed by atoms with Crippen LogP contribution in [0.15, 0.2) is 24.3 Å². The monoisotopic (exact) mass is 283 g/mol. The number of hydrogen-bond donors (Lipinski definition) is 2. The van der Waals surface area contributed by atoms with Gasteiger partial charge >= 0.3 is 0 Å². The summed E-state index contributed by atoms with van der Waals surface area (Å²) >= 11 is 0. The predicted octanol–water partition coefficient (Wildman–Crippen LogP) is 1.45. The van der Waals surface area contributed by atoms with Gasteiger partial charge in [0, 0.05) is 19.8 Å². The Morgan fingerprint density at radius 1 is 1.25 bits per heavy atom. The molecule has 5 nitrogen and oxygen atoms in total. The highest BCUT2D eigenvalue weighted by molar-refractivity contribution is 5.39. The molecule has 0 aliphatic carbocycles. The molecule has 1 aromatic rings. The zero-order valence-corrected chi connectivity index (χ0v) is 12.3. The average Bonchev–Trinajstić information content (AvgIpc) is 2.49. The summed E-state index contributed by atoms with van der Waals surface area (Å²) in [6.45, 7) is 5.03. The van der Waals surface area contributed by atoms with Crippen LogP contribution in [-0.4, -0.2) is 51.2 Å². The van der Waals surface area contributed by atoms with Crippen molar-refractivity contribution in [1.82, 2.24) is 5.32 Å². The Balaban J connectivity index is 2.14. The van der Waals surface area contributed by atoms with Gasteiger partial charge in [-0.25, -0.2) is 0 Å². The third kappa shape index (κ3) is 6.75. The smallest absolute Gasteiger partial charge is 0.161 e. The van der Waals surface area contributed by atoms with Crippen LogP contribution in [0.3, 0.4) is 0 Å². The van der Waals surface area contributed by atoms with Crippen molar-refractivity contribution in [3.8, 4) is 11.5 Å². The zero-order chi connectivity index (χ0) is 14.6. The molecule has 1 rings (SSSR count). The largest absolute Gasteiger partial charge is 0.493 e. The number of aliphatic hydroxyl groups is 1. The number of nitrogens with one attached hydrogen (secondary N) is 1. The van der Waals surface area contributed by atoms with Gasteiger partial charge in [0.2, 0.25) is 0 Å².